The van der Waals surface area contributed by atoms with Gasteiger partial charge in [0.25, 0.3) is 0 Å². The Hall–Kier alpha value is -0.0500. The lowest BCUT2D eigenvalue weighted by Gasteiger charge is -2.07. The Morgan fingerprint density at radius 1 is 1.21 bits per heavy atom. The standard InChI is InChI=1S/C9H11Cl3N2/c1-3-4-6-7(11)13-9(5(2)10)14-8(6)12/h5H,3-4H2,1-2H3. The van der Waals surface area contributed by atoms with Crippen LogP contribution in [0.3, 0.4) is 0 Å². The van der Waals surface area contributed by atoms with Crippen molar-refractivity contribution < 1.29 is 0 Å². The zero-order chi connectivity index (χ0) is 10.7. The molecule has 0 aliphatic carbocycles. The van der Waals surface area contributed by atoms with E-state index in [0.29, 0.717) is 16.1 Å². The van der Waals surface area contributed by atoms with Crippen molar-refractivity contribution in [2.75, 3.05) is 0 Å². The smallest absolute Gasteiger partial charge is 0.149 e. The molecule has 0 aromatic carbocycles. The van der Waals surface area contributed by atoms with Gasteiger partial charge < -0.3 is 0 Å². The summed E-state index contributed by atoms with van der Waals surface area (Å²) in [6.45, 7) is 3.83. The Kier molecular flexibility index (Phi) is 4.42. The maximum atomic E-state index is 5.96. The van der Waals surface area contributed by atoms with Gasteiger partial charge in [0.05, 0.1) is 5.38 Å². The molecule has 0 amide bonds. The van der Waals surface area contributed by atoms with Crippen molar-refractivity contribution in [3.8, 4) is 0 Å². The normalized spacial score (nSPS) is 12.9. The van der Waals surface area contributed by atoms with Gasteiger partial charge in [0.2, 0.25) is 0 Å². The summed E-state index contributed by atoms with van der Waals surface area (Å²) in [7, 11) is 0. The van der Waals surface area contributed by atoms with E-state index in [9.17, 15) is 0 Å². The Morgan fingerprint density at radius 3 is 2.07 bits per heavy atom. The molecule has 14 heavy (non-hydrogen) atoms. The number of aromatic nitrogens is 2. The molecule has 0 aliphatic heterocycles. The molecule has 78 valence electrons. The van der Waals surface area contributed by atoms with Crippen LogP contribution in [-0.4, -0.2) is 9.97 Å². The molecule has 0 N–H and O–H groups in total. The molecule has 5 heteroatoms. The van der Waals surface area contributed by atoms with Gasteiger partial charge in [0, 0.05) is 5.56 Å². The van der Waals surface area contributed by atoms with Crippen molar-refractivity contribution >= 4 is 34.8 Å². The van der Waals surface area contributed by atoms with Crippen molar-refractivity contribution in [1.82, 2.24) is 9.97 Å². The maximum Gasteiger partial charge on any atom is 0.149 e. The van der Waals surface area contributed by atoms with Gasteiger partial charge in [0.15, 0.2) is 0 Å². The quantitative estimate of drug-likeness (QED) is 0.600. The topological polar surface area (TPSA) is 25.8 Å². The lowest BCUT2D eigenvalue weighted by Crippen LogP contribution is -2.01. The van der Waals surface area contributed by atoms with Gasteiger partial charge in [-0.1, -0.05) is 36.5 Å². The first-order chi connectivity index (χ1) is 6.56. The molecule has 0 saturated carbocycles. The van der Waals surface area contributed by atoms with Crippen LogP contribution in [-0.2, 0) is 6.42 Å². The molecule has 0 aliphatic rings. The minimum atomic E-state index is -0.277. The summed E-state index contributed by atoms with van der Waals surface area (Å²) in [5, 5.41) is 0.546. The molecule has 2 nitrogen and oxygen atoms in total. The lowest BCUT2D eigenvalue weighted by molar-refractivity contribution is 0.858. The van der Waals surface area contributed by atoms with Gasteiger partial charge in [-0.05, 0) is 13.3 Å². The number of hydrogen-bond acceptors (Lipinski definition) is 2. The van der Waals surface area contributed by atoms with Crippen LogP contribution >= 0.6 is 34.8 Å². The summed E-state index contributed by atoms with van der Waals surface area (Å²) in [6, 6.07) is 0. The van der Waals surface area contributed by atoms with Crippen molar-refractivity contribution in [1.29, 1.82) is 0 Å². The number of halogens is 3. The fraction of sp³-hybridized carbons (Fsp3) is 0.556. The number of nitrogens with zero attached hydrogens (tertiary/aromatic N) is 2. The zero-order valence-corrected chi connectivity index (χ0v) is 10.3. The van der Waals surface area contributed by atoms with Crippen molar-refractivity contribution in [3.63, 3.8) is 0 Å². The van der Waals surface area contributed by atoms with Gasteiger partial charge in [-0.25, -0.2) is 9.97 Å². The van der Waals surface area contributed by atoms with Gasteiger partial charge in [-0.3, -0.25) is 0 Å². The van der Waals surface area contributed by atoms with Gasteiger partial charge in [-0.15, -0.1) is 11.6 Å². The average molecular weight is 254 g/mol. The monoisotopic (exact) mass is 252 g/mol. The number of hydrogen-bond donors (Lipinski definition) is 0. The van der Waals surface area contributed by atoms with Crippen LogP contribution in [0.1, 0.15) is 37.0 Å². The summed E-state index contributed by atoms with van der Waals surface area (Å²) in [5.41, 5.74) is 0.803. The summed E-state index contributed by atoms with van der Waals surface area (Å²) in [4.78, 5) is 8.18. The third-order valence-corrected chi connectivity index (χ3v) is 2.60. The molecule has 1 aromatic rings. The van der Waals surface area contributed by atoms with Gasteiger partial charge >= 0.3 is 0 Å². The molecule has 0 saturated heterocycles. The molecule has 1 atom stereocenters. The predicted molar refractivity (Wildman–Crippen MR) is 60.3 cm³/mol. The van der Waals surface area contributed by atoms with E-state index in [0.717, 1.165) is 18.4 Å². The Bertz CT molecular complexity index is 303. The highest BCUT2D eigenvalue weighted by Gasteiger charge is 2.13. The Morgan fingerprint density at radius 2 is 1.71 bits per heavy atom. The summed E-state index contributed by atoms with van der Waals surface area (Å²) in [5.74, 6) is 0.474. The SMILES string of the molecule is CCCc1c(Cl)nc(C(C)Cl)nc1Cl. The second kappa shape index (κ2) is 5.15. The maximum absolute atomic E-state index is 5.96. The van der Waals surface area contributed by atoms with E-state index in [1.807, 2.05) is 6.92 Å². The van der Waals surface area contributed by atoms with Crippen LogP contribution in [0.5, 0.6) is 0 Å². The highest BCUT2D eigenvalue weighted by molar-refractivity contribution is 6.34. The lowest BCUT2D eigenvalue weighted by atomic mass is 10.2. The van der Waals surface area contributed by atoms with E-state index >= 15 is 0 Å². The second-order valence-corrected chi connectivity index (χ2v) is 4.38. The zero-order valence-electron chi connectivity index (χ0n) is 8.02. The Balaban J connectivity index is 3.11. The first-order valence-electron chi connectivity index (χ1n) is 4.42. The van der Waals surface area contributed by atoms with Crippen molar-refractivity contribution in [2.45, 2.75) is 32.1 Å². The van der Waals surface area contributed by atoms with E-state index < -0.39 is 0 Å². The van der Waals surface area contributed by atoms with E-state index in [1.165, 1.54) is 0 Å². The molecule has 0 fully saturated rings. The highest BCUT2D eigenvalue weighted by Crippen LogP contribution is 2.26. The minimum Gasteiger partial charge on any atom is -0.219 e. The average Bonchev–Trinajstić information content (AvgIpc) is 2.10. The fourth-order valence-electron chi connectivity index (χ4n) is 1.08. The highest BCUT2D eigenvalue weighted by atomic mass is 35.5. The predicted octanol–water partition coefficient (Wildman–Crippen LogP) is 4.04. The fourth-order valence-corrected chi connectivity index (χ4v) is 1.77. The third-order valence-electron chi connectivity index (χ3n) is 1.78. The molecular weight excluding hydrogens is 242 g/mol. The van der Waals surface area contributed by atoms with E-state index in [2.05, 4.69) is 9.97 Å². The molecule has 1 unspecified atom stereocenters. The van der Waals surface area contributed by atoms with E-state index in [1.54, 1.807) is 6.92 Å². The number of alkyl halides is 1. The molecule has 0 radical (unpaired) electrons. The largest absolute Gasteiger partial charge is 0.219 e. The molecule has 1 rings (SSSR count). The van der Waals surface area contributed by atoms with Gasteiger partial charge in [0.1, 0.15) is 16.1 Å². The van der Waals surface area contributed by atoms with Crippen LogP contribution in [0.25, 0.3) is 0 Å². The van der Waals surface area contributed by atoms with Crippen LogP contribution < -0.4 is 0 Å². The number of rotatable bonds is 3. The first kappa shape index (κ1) is 12.0. The first-order valence-corrected chi connectivity index (χ1v) is 5.61. The van der Waals surface area contributed by atoms with Crippen LogP contribution in [0.4, 0.5) is 0 Å². The molecule has 1 aromatic heterocycles. The molecule has 0 bridgehead atoms. The van der Waals surface area contributed by atoms with Crippen LogP contribution in [0, 0.1) is 0 Å². The molecule has 0 spiro atoms. The molecule has 1 heterocycles. The van der Waals surface area contributed by atoms with E-state index in [-0.39, 0.29) is 5.38 Å². The van der Waals surface area contributed by atoms with Crippen molar-refractivity contribution in [3.05, 3.63) is 21.7 Å². The molecular formula is C9H11Cl3N2. The second-order valence-electron chi connectivity index (χ2n) is 3.01. The minimum absolute atomic E-state index is 0.277. The van der Waals surface area contributed by atoms with Gasteiger partial charge in [-0.2, -0.15) is 0 Å². The summed E-state index contributed by atoms with van der Waals surface area (Å²) >= 11 is 17.8. The summed E-state index contributed by atoms with van der Waals surface area (Å²) < 4.78 is 0. The van der Waals surface area contributed by atoms with E-state index in [4.69, 9.17) is 34.8 Å². The summed E-state index contributed by atoms with van der Waals surface area (Å²) in [6.07, 6.45) is 1.74. The Labute approximate surface area is 98.6 Å². The van der Waals surface area contributed by atoms with Crippen molar-refractivity contribution in [2.24, 2.45) is 0 Å². The third kappa shape index (κ3) is 2.72. The van der Waals surface area contributed by atoms with Crippen LogP contribution in [0.2, 0.25) is 10.3 Å². The van der Waals surface area contributed by atoms with Crippen LogP contribution in [0.15, 0.2) is 0 Å².